The van der Waals surface area contributed by atoms with Crippen molar-refractivity contribution in [3.05, 3.63) is 89.5 Å². The highest BCUT2D eigenvalue weighted by Gasteiger charge is 2.40. The molecule has 0 aliphatic rings. The Morgan fingerprint density at radius 2 is 0.719 bits per heavy atom. The number of phosphoric acid groups is 1. The van der Waals surface area contributed by atoms with Crippen LogP contribution in [0.5, 0.6) is 17.2 Å². The van der Waals surface area contributed by atoms with Gasteiger partial charge in [-0.15, -0.1) is 0 Å². The number of aromatic hydroxyl groups is 3. The molecule has 164 valence electrons. The largest absolute Gasteiger partial charge is 0.654 e. The molecule has 3 aromatic rings. The fraction of sp³-hybridized carbons (Fsp3) is 0. The minimum Gasteiger partial charge on any atom is -0.508 e. The van der Waals surface area contributed by atoms with Crippen LogP contribution in [0.25, 0.3) is 0 Å². The van der Waals surface area contributed by atoms with E-state index in [1.165, 1.54) is 0 Å². The van der Waals surface area contributed by atoms with E-state index in [0.29, 0.717) is 0 Å². The second-order valence-corrected chi connectivity index (χ2v) is 7.67. The Hall–Kier alpha value is -4.30. The first-order chi connectivity index (χ1) is 15.1. The summed E-state index contributed by atoms with van der Waals surface area (Å²) in [4.78, 5) is 37.1. The van der Waals surface area contributed by atoms with Crippen molar-refractivity contribution in [3.63, 3.8) is 0 Å². The Kier molecular flexibility index (Phi) is 6.46. The van der Waals surface area contributed by atoms with Crippen LogP contribution in [0.3, 0.4) is 0 Å². The topological polar surface area (TPSA) is 157 Å². The van der Waals surface area contributed by atoms with Crippen LogP contribution in [0.4, 0.5) is 0 Å². The summed E-state index contributed by atoms with van der Waals surface area (Å²) in [5.74, 6) is -4.23. The van der Waals surface area contributed by atoms with Gasteiger partial charge >= 0.3 is 25.7 Å². The highest BCUT2D eigenvalue weighted by atomic mass is 31.2. The smallest absolute Gasteiger partial charge is 0.508 e. The van der Waals surface area contributed by atoms with Crippen LogP contribution in [-0.2, 0) is 18.1 Å². The van der Waals surface area contributed by atoms with Gasteiger partial charge in [-0.2, -0.15) is 4.57 Å². The molecule has 0 spiro atoms. The summed E-state index contributed by atoms with van der Waals surface area (Å²) in [5, 5.41) is 28.0. The van der Waals surface area contributed by atoms with E-state index in [9.17, 15) is 34.3 Å². The third-order valence-electron chi connectivity index (χ3n) is 3.89. The number of phenols is 3. The normalized spacial score (nSPS) is 10.8. The lowest BCUT2D eigenvalue weighted by Gasteiger charge is -2.16. The molecule has 0 bridgehead atoms. The SMILES string of the molecule is O=C(OP(=O)(OC(=O)c1ccc(O)cc1)OC(=O)c1ccc(O)cc1)c1ccc(O)cc1. The molecule has 0 aliphatic carbocycles. The number of rotatable bonds is 6. The monoisotopic (exact) mass is 458 g/mol. The zero-order valence-electron chi connectivity index (χ0n) is 16.1. The third-order valence-corrected chi connectivity index (χ3v) is 5.06. The summed E-state index contributed by atoms with van der Waals surface area (Å²) in [5.41, 5.74) is -0.529. The van der Waals surface area contributed by atoms with Gasteiger partial charge in [-0.1, -0.05) is 0 Å². The molecule has 10 nitrogen and oxygen atoms in total. The molecule has 3 aromatic carbocycles. The van der Waals surface area contributed by atoms with E-state index in [1.54, 1.807) is 0 Å². The molecule has 0 aliphatic heterocycles. The number of hydrogen-bond acceptors (Lipinski definition) is 10. The fourth-order valence-electron chi connectivity index (χ4n) is 2.31. The molecule has 11 heteroatoms. The first kappa shape index (κ1) is 22.4. The van der Waals surface area contributed by atoms with Gasteiger partial charge in [0.25, 0.3) is 0 Å². The van der Waals surface area contributed by atoms with Crippen LogP contribution in [0, 0.1) is 0 Å². The molecule has 3 rings (SSSR count). The van der Waals surface area contributed by atoms with Gasteiger partial charge in [-0.05, 0) is 72.8 Å². The van der Waals surface area contributed by atoms with Crippen molar-refractivity contribution in [2.75, 3.05) is 0 Å². The second kappa shape index (κ2) is 9.23. The molecule has 0 amide bonds. The van der Waals surface area contributed by atoms with Crippen LogP contribution in [0.15, 0.2) is 72.8 Å². The third kappa shape index (κ3) is 5.65. The average Bonchev–Trinajstić information content (AvgIpc) is 2.74. The van der Waals surface area contributed by atoms with Crippen molar-refractivity contribution >= 4 is 25.7 Å². The number of hydrogen-bond donors (Lipinski definition) is 3. The van der Waals surface area contributed by atoms with Gasteiger partial charge in [0.05, 0.1) is 16.7 Å². The Balaban J connectivity index is 1.86. The predicted molar refractivity (Wildman–Crippen MR) is 108 cm³/mol. The van der Waals surface area contributed by atoms with E-state index in [1.807, 2.05) is 0 Å². The highest BCUT2D eigenvalue weighted by molar-refractivity contribution is 7.50. The zero-order chi connectivity index (χ0) is 23.3. The van der Waals surface area contributed by atoms with E-state index in [4.69, 9.17) is 13.6 Å². The van der Waals surface area contributed by atoms with Crippen molar-refractivity contribution in [1.29, 1.82) is 0 Å². The standard InChI is InChI=1S/C21H15O10P/c22-16-7-1-13(2-8-16)19(25)29-32(28,30-20(26)14-3-9-17(23)10-4-14)31-21(27)15-5-11-18(24)12-6-15/h1-12,22-24H. The molecule has 0 atom stereocenters. The van der Waals surface area contributed by atoms with Gasteiger partial charge in [-0.3, -0.25) is 0 Å². The molecular formula is C21H15O10P. The van der Waals surface area contributed by atoms with Crippen molar-refractivity contribution in [1.82, 2.24) is 0 Å². The number of benzene rings is 3. The predicted octanol–water partition coefficient (Wildman–Crippen LogP) is 3.78. The Morgan fingerprint density at radius 1 is 0.500 bits per heavy atom. The van der Waals surface area contributed by atoms with Gasteiger partial charge in [-0.25, -0.2) is 14.4 Å². The molecule has 0 radical (unpaired) electrons. The highest BCUT2D eigenvalue weighted by Crippen LogP contribution is 2.51. The number of carbonyl (C=O) groups excluding carboxylic acids is 3. The lowest BCUT2D eigenvalue weighted by molar-refractivity contribution is 0.0471. The fourth-order valence-corrected chi connectivity index (χ4v) is 3.35. The van der Waals surface area contributed by atoms with Gasteiger partial charge in [0.2, 0.25) is 0 Å². The second-order valence-electron chi connectivity index (χ2n) is 6.22. The summed E-state index contributed by atoms with van der Waals surface area (Å²) >= 11 is 0. The molecular weight excluding hydrogens is 443 g/mol. The molecule has 0 saturated heterocycles. The van der Waals surface area contributed by atoms with Crippen LogP contribution >= 0.6 is 7.82 Å². The maximum atomic E-state index is 13.1. The maximum absolute atomic E-state index is 13.1. The number of carbonyl (C=O) groups is 3. The number of phosphoric ester groups is 1. The molecule has 0 unspecified atom stereocenters. The first-order valence-corrected chi connectivity index (χ1v) is 10.3. The molecule has 3 N–H and O–H groups in total. The molecule has 0 saturated carbocycles. The van der Waals surface area contributed by atoms with E-state index in [2.05, 4.69) is 0 Å². The Morgan fingerprint density at radius 3 is 0.938 bits per heavy atom. The van der Waals surface area contributed by atoms with Crippen LogP contribution in [0.1, 0.15) is 31.1 Å². The Bertz CT molecular complexity index is 1030. The van der Waals surface area contributed by atoms with E-state index in [0.717, 1.165) is 72.8 Å². The van der Waals surface area contributed by atoms with Crippen LogP contribution in [-0.4, -0.2) is 33.2 Å². The van der Waals surface area contributed by atoms with Crippen molar-refractivity contribution in [2.24, 2.45) is 0 Å². The molecule has 32 heavy (non-hydrogen) atoms. The first-order valence-electron chi connectivity index (χ1n) is 8.84. The van der Waals surface area contributed by atoms with Crippen molar-refractivity contribution < 1.29 is 47.8 Å². The van der Waals surface area contributed by atoms with Crippen molar-refractivity contribution in [2.45, 2.75) is 0 Å². The summed E-state index contributed by atoms with van der Waals surface area (Å²) in [7, 11) is -5.16. The minimum atomic E-state index is -5.16. The lowest BCUT2D eigenvalue weighted by atomic mass is 10.2. The van der Waals surface area contributed by atoms with E-state index < -0.39 is 25.7 Å². The van der Waals surface area contributed by atoms with Gasteiger partial charge < -0.3 is 28.9 Å². The van der Waals surface area contributed by atoms with Gasteiger partial charge in [0, 0.05) is 0 Å². The molecule has 0 heterocycles. The van der Waals surface area contributed by atoms with Gasteiger partial charge in [0.1, 0.15) is 17.2 Å². The van der Waals surface area contributed by atoms with Crippen molar-refractivity contribution in [3.8, 4) is 17.2 Å². The maximum Gasteiger partial charge on any atom is 0.654 e. The quantitative estimate of drug-likeness (QED) is 0.464. The summed E-state index contributed by atoms with van der Waals surface area (Å²) in [6.07, 6.45) is 0. The van der Waals surface area contributed by atoms with Crippen LogP contribution < -0.4 is 0 Å². The molecule has 0 aromatic heterocycles. The van der Waals surface area contributed by atoms with Gasteiger partial charge in [0.15, 0.2) is 0 Å². The van der Waals surface area contributed by atoms with Crippen LogP contribution in [0.2, 0.25) is 0 Å². The molecule has 0 fully saturated rings. The summed E-state index contributed by atoms with van der Waals surface area (Å²) in [6, 6.07) is 13.8. The average molecular weight is 458 g/mol. The summed E-state index contributed by atoms with van der Waals surface area (Å²) < 4.78 is 27.3. The number of phenolic OH excluding ortho intramolecular Hbond substituents is 3. The zero-order valence-corrected chi connectivity index (χ0v) is 17.0. The Labute approximate surface area is 180 Å². The summed E-state index contributed by atoms with van der Waals surface area (Å²) in [6.45, 7) is 0. The van der Waals surface area contributed by atoms with E-state index in [-0.39, 0.29) is 33.9 Å². The lowest BCUT2D eigenvalue weighted by Crippen LogP contribution is -2.14. The van der Waals surface area contributed by atoms with E-state index >= 15 is 0 Å². The minimum absolute atomic E-state index is 0.151.